The van der Waals surface area contributed by atoms with Crippen LogP contribution < -0.4 is 14.3 Å². The third kappa shape index (κ3) is 7.21. The predicted molar refractivity (Wildman–Crippen MR) is 150 cm³/mol. The molecule has 0 aliphatic carbocycles. The van der Waals surface area contributed by atoms with Gasteiger partial charge in [0.1, 0.15) is 5.82 Å². The Balaban J connectivity index is 1.44. The Bertz CT molecular complexity index is 1690. The molecule has 4 aromatic rings. The van der Waals surface area contributed by atoms with Crippen LogP contribution in [0.3, 0.4) is 0 Å². The smallest absolute Gasteiger partial charge is 0.261 e. The normalized spacial score (nSPS) is 11.6. The van der Waals surface area contributed by atoms with E-state index >= 15 is 0 Å². The summed E-state index contributed by atoms with van der Waals surface area (Å²) in [6.45, 7) is 1.86. The lowest BCUT2D eigenvalue weighted by atomic mass is 10.1. The predicted octanol–water partition coefficient (Wildman–Crippen LogP) is 5.15. The highest BCUT2D eigenvalue weighted by Gasteiger charge is 2.19. The van der Waals surface area contributed by atoms with E-state index in [-0.39, 0.29) is 17.0 Å². The Morgan fingerprint density at radius 2 is 1.46 bits per heavy atom. The number of nitrogens with one attached hydrogen (secondary N) is 2. The Hall–Kier alpha value is -4.22. The fourth-order valence-electron chi connectivity index (χ4n) is 3.78. The maximum absolute atomic E-state index is 13.2. The molecule has 4 aromatic carbocycles. The number of aryl methyl sites for hydroxylation is 1. The Labute approximate surface area is 227 Å². The van der Waals surface area contributed by atoms with Gasteiger partial charge in [0.25, 0.3) is 15.9 Å². The van der Waals surface area contributed by atoms with Crippen LogP contribution in [-0.2, 0) is 26.6 Å². The number of hydrogen-bond donors (Lipinski definition) is 2. The number of carbonyl (C=O) groups is 1. The van der Waals surface area contributed by atoms with Crippen LogP contribution in [0.2, 0.25) is 0 Å². The van der Waals surface area contributed by atoms with E-state index < -0.39 is 31.8 Å². The van der Waals surface area contributed by atoms with Crippen LogP contribution in [0.1, 0.15) is 21.5 Å². The van der Waals surface area contributed by atoms with Crippen molar-refractivity contribution in [1.29, 1.82) is 0 Å². The lowest BCUT2D eigenvalue weighted by molar-refractivity contribution is 0.102. The summed E-state index contributed by atoms with van der Waals surface area (Å²) in [5.74, 6) is -0.880. The van der Waals surface area contributed by atoms with Gasteiger partial charge in [-0.15, -0.1) is 0 Å². The largest absolute Gasteiger partial charge is 0.322 e. The molecule has 0 atom stereocenters. The Kier molecular flexibility index (Phi) is 8.03. The molecule has 2 N–H and O–H groups in total. The first-order valence-corrected chi connectivity index (χ1v) is 15.1. The van der Waals surface area contributed by atoms with Gasteiger partial charge >= 0.3 is 0 Å². The van der Waals surface area contributed by atoms with E-state index in [1.54, 1.807) is 18.2 Å². The number of benzene rings is 4. The fourth-order valence-corrected chi connectivity index (χ4v) is 5.72. The second kappa shape index (κ2) is 11.3. The molecule has 0 bridgehead atoms. The molecule has 1 amide bonds. The molecule has 0 aromatic heterocycles. The quantitative estimate of drug-likeness (QED) is 0.290. The average molecular weight is 568 g/mol. The van der Waals surface area contributed by atoms with Crippen molar-refractivity contribution in [3.8, 4) is 0 Å². The zero-order valence-corrected chi connectivity index (χ0v) is 22.8. The first kappa shape index (κ1) is 27.8. The number of amides is 1. The van der Waals surface area contributed by atoms with Crippen LogP contribution in [0.15, 0.2) is 102 Å². The van der Waals surface area contributed by atoms with E-state index in [1.807, 2.05) is 13.0 Å². The number of rotatable bonds is 9. The van der Waals surface area contributed by atoms with Gasteiger partial charge in [0.05, 0.1) is 23.4 Å². The summed E-state index contributed by atoms with van der Waals surface area (Å²) in [5, 5.41) is 2.70. The van der Waals surface area contributed by atoms with Gasteiger partial charge in [0, 0.05) is 16.9 Å². The minimum Gasteiger partial charge on any atom is -0.322 e. The van der Waals surface area contributed by atoms with Crippen molar-refractivity contribution in [2.75, 3.05) is 20.6 Å². The van der Waals surface area contributed by atoms with Crippen molar-refractivity contribution >= 4 is 43.0 Å². The standard InChI is InChI=1S/C28H26FN3O5S2/c1-20-4-3-5-25(18-20)31-39(36,37)27-16-12-24(13-17-27)30-28(33)22-8-14-26(15-9-22)32(38(2,34)35)19-21-6-10-23(29)11-7-21/h3-18,31H,19H2,1-2H3,(H,30,33). The van der Waals surface area contributed by atoms with Gasteiger partial charge in [-0.25, -0.2) is 21.2 Å². The van der Waals surface area contributed by atoms with Crippen LogP contribution in [0.4, 0.5) is 21.5 Å². The molecule has 39 heavy (non-hydrogen) atoms. The number of hydrogen-bond acceptors (Lipinski definition) is 5. The van der Waals surface area contributed by atoms with Crippen molar-refractivity contribution < 1.29 is 26.0 Å². The molecule has 0 radical (unpaired) electrons. The van der Waals surface area contributed by atoms with Crippen LogP contribution >= 0.6 is 0 Å². The molecule has 0 aliphatic heterocycles. The third-order valence-electron chi connectivity index (χ3n) is 5.75. The van der Waals surface area contributed by atoms with Crippen LogP contribution in [0.5, 0.6) is 0 Å². The summed E-state index contributed by atoms with van der Waals surface area (Å²) < 4.78 is 67.1. The van der Waals surface area contributed by atoms with E-state index in [4.69, 9.17) is 0 Å². The highest BCUT2D eigenvalue weighted by molar-refractivity contribution is 7.92. The molecule has 0 spiro atoms. The number of sulfonamides is 2. The number of anilines is 3. The van der Waals surface area contributed by atoms with Crippen molar-refractivity contribution in [2.24, 2.45) is 0 Å². The van der Waals surface area contributed by atoms with Gasteiger partial charge in [-0.05, 0) is 90.8 Å². The molecule has 8 nitrogen and oxygen atoms in total. The second-order valence-electron chi connectivity index (χ2n) is 8.90. The second-order valence-corrected chi connectivity index (χ2v) is 12.5. The molecule has 11 heteroatoms. The first-order chi connectivity index (χ1) is 18.4. The molecule has 0 heterocycles. The monoisotopic (exact) mass is 567 g/mol. The zero-order chi connectivity index (χ0) is 28.2. The molecule has 0 saturated carbocycles. The first-order valence-electron chi connectivity index (χ1n) is 11.7. The number of carbonyl (C=O) groups excluding carboxylic acids is 1. The summed E-state index contributed by atoms with van der Waals surface area (Å²) in [6.07, 6.45) is 1.07. The molecular weight excluding hydrogens is 541 g/mol. The Morgan fingerprint density at radius 1 is 0.821 bits per heavy atom. The number of halogens is 1. The van der Waals surface area contributed by atoms with Crippen molar-refractivity contribution in [3.05, 3.63) is 120 Å². The Morgan fingerprint density at radius 3 is 2.05 bits per heavy atom. The molecule has 0 unspecified atom stereocenters. The highest BCUT2D eigenvalue weighted by Crippen LogP contribution is 2.23. The lowest BCUT2D eigenvalue weighted by Crippen LogP contribution is -2.29. The SMILES string of the molecule is Cc1cccc(NS(=O)(=O)c2ccc(NC(=O)c3ccc(N(Cc4ccc(F)cc4)S(C)(=O)=O)cc3)cc2)c1. The summed E-state index contributed by atoms with van der Waals surface area (Å²) in [4.78, 5) is 12.8. The minimum atomic E-state index is -3.81. The van der Waals surface area contributed by atoms with Gasteiger partial charge in [-0.2, -0.15) is 0 Å². The maximum Gasteiger partial charge on any atom is 0.261 e. The highest BCUT2D eigenvalue weighted by atomic mass is 32.2. The zero-order valence-electron chi connectivity index (χ0n) is 21.1. The molecule has 202 valence electrons. The van der Waals surface area contributed by atoms with Crippen LogP contribution in [0.25, 0.3) is 0 Å². The third-order valence-corrected chi connectivity index (χ3v) is 8.29. The fraction of sp³-hybridized carbons (Fsp3) is 0.107. The molecule has 0 fully saturated rings. The summed E-state index contributed by atoms with van der Waals surface area (Å²) in [6, 6.07) is 24.2. The average Bonchev–Trinajstić information content (AvgIpc) is 2.88. The van der Waals surface area contributed by atoms with Gasteiger partial charge in [0.15, 0.2) is 0 Å². The van der Waals surface area contributed by atoms with Gasteiger partial charge in [-0.3, -0.25) is 13.8 Å². The topological polar surface area (TPSA) is 113 Å². The van der Waals surface area contributed by atoms with E-state index in [9.17, 15) is 26.0 Å². The van der Waals surface area contributed by atoms with E-state index in [0.717, 1.165) is 16.1 Å². The lowest BCUT2D eigenvalue weighted by Gasteiger charge is -2.22. The molecular formula is C28H26FN3O5S2. The van der Waals surface area contributed by atoms with Crippen molar-refractivity contribution in [3.63, 3.8) is 0 Å². The van der Waals surface area contributed by atoms with Crippen molar-refractivity contribution in [1.82, 2.24) is 0 Å². The number of nitrogens with zero attached hydrogens (tertiary/aromatic N) is 1. The minimum absolute atomic E-state index is 0.00134. The van der Waals surface area contributed by atoms with Crippen LogP contribution in [-0.4, -0.2) is 29.0 Å². The van der Waals surface area contributed by atoms with Gasteiger partial charge in [0.2, 0.25) is 10.0 Å². The van der Waals surface area contributed by atoms with Gasteiger partial charge in [-0.1, -0.05) is 24.3 Å². The summed E-state index contributed by atoms with van der Waals surface area (Å²) in [5.41, 5.74) is 2.96. The van der Waals surface area contributed by atoms with E-state index in [2.05, 4.69) is 10.0 Å². The maximum atomic E-state index is 13.2. The summed E-state index contributed by atoms with van der Waals surface area (Å²) in [7, 11) is -7.47. The molecule has 4 rings (SSSR count). The van der Waals surface area contributed by atoms with Crippen molar-refractivity contribution in [2.45, 2.75) is 18.4 Å². The van der Waals surface area contributed by atoms with E-state index in [1.165, 1.54) is 72.8 Å². The van der Waals surface area contributed by atoms with E-state index in [0.29, 0.717) is 22.6 Å². The van der Waals surface area contributed by atoms with Crippen LogP contribution in [0, 0.1) is 12.7 Å². The van der Waals surface area contributed by atoms with Gasteiger partial charge < -0.3 is 5.32 Å². The molecule has 0 aliphatic rings. The summed E-state index contributed by atoms with van der Waals surface area (Å²) >= 11 is 0. The molecule has 0 saturated heterocycles.